The number of aldehydes is 2. The summed E-state index contributed by atoms with van der Waals surface area (Å²) in [7, 11) is 0. The first-order chi connectivity index (χ1) is 6.27. The van der Waals surface area contributed by atoms with Gasteiger partial charge in [0.05, 0.1) is 0 Å². The lowest BCUT2D eigenvalue weighted by Crippen LogP contribution is -1.81. The standard InChI is InChI=1S/C10H8O3/c11-5-1-2-9-6-8(7-12)3-4-10(9)13/h1-7,13H. The average molecular weight is 176 g/mol. The Morgan fingerprint density at radius 3 is 2.62 bits per heavy atom. The first-order valence-corrected chi connectivity index (χ1v) is 3.68. The van der Waals surface area contributed by atoms with E-state index >= 15 is 0 Å². The van der Waals surface area contributed by atoms with E-state index in [0.717, 1.165) is 0 Å². The molecule has 1 N–H and O–H groups in total. The third-order valence-electron chi connectivity index (χ3n) is 1.54. The van der Waals surface area contributed by atoms with Gasteiger partial charge in [-0.25, -0.2) is 0 Å². The van der Waals surface area contributed by atoms with Crippen molar-refractivity contribution in [2.24, 2.45) is 0 Å². The molecule has 0 amide bonds. The fourth-order valence-electron chi connectivity index (χ4n) is 0.923. The van der Waals surface area contributed by atoms with E-state index in [9.17, 15) is 14.7 Å². The van der Waals surface area contributed by atoms with E-state index < -0.39 is 0 Å². The van der Waals surface area contributed by atoms with Crippen LogP contribution in [0.4, 0.5) is 0 Å². The zero-order valence-electron chi connectivity index (χ0n) is 6.81. The van der Waals surface area contributed by atoms with E-state index in [4.69, 9.17) is 0 Å². The Bertz CT molecular complexity index is 353. The molecule has 0 spiro atoms. The summed E-state index contributed by atoms with van der Waals surface area (Å²) >= 11 is 0. The molecule has 0 atom stereocenters. The molecule has 0 aliphatic rings. The highest BCUT2D eigenvalue weighted by atomic mass is 16.3. The lowest BCUT2D eigenvalue weighted by atomic mass is 10.1. The van der Waals surface area contributed by atoms with Gasteiger partial charge in [-0.3, -0.25) is 9.59 Å². The van der Waals surface area contributed by atoms with E-state index in [1.807, 2.05) is 0 Å². The second-order valence-electron chi connectivity index (χ2n) is 2.43. The third kappa shape index (κ3) is 2.27. The molecule has 0 saturated carbocycles. The first kappa shape index (κ1) is 9.19. The quantitative estimate of drug-likeness (QED) is 0.559. The molecule has 0 aliphatic carbocycles. The second kappa shape index (κ2) is 4.21. The minimum atomic E-state index is 0.0451. The topological polar surface area (TPSA) is 54.4 Å². The van der Waals surface area contributed by atoms with Crippen LogP contribution in [0.3, 0.4) is 0 Å². The normalized spacial score (nSPS) is 10.2. The third-order valence-corrected chi connectivity index (χ3v) is 1.54. The Balaban J connectivity index is 3.10. The molecule has 1 aromatic carbocycles. The van der Waals surface area contributed by atoms with Gasteiger partial charge in [0, 0.05) is 11.1 Å². The van der Waals surface area contributed by atoms with Gasteiger partial charge in [-0.2, -0.15) is 0 Å². The Labute approximate surface area is 75.3 Å². The van der Waals surface area contributed by atoms with Crippen LogP contribution in [-0.4, -0.2) is 17.7 Å². The van der Waals surface area contributed by atoms with Crippen LogP contribution in [0.25, 0.3) is 6.08 Å². The number of hydrogen-bond donors (Lipinski definition) is 1. The monoisotopic (exact) mass is 176 g/mol. The summed E-state index contributed by atoms with van der Waals surface area (Å²) < 4.78 is 0. The summed E-state index contributed by atoms with van der Waals surface area (Å²) in [6, 6.07) is 4.41. The SMILES string of the molecule is O=CC=Cc1cc(C=O)ccc1O. The van der Waals surface area contributed by atoms with E-state index in [1.165, 1.54) is 30.4 Å². The number of rotatable bonds is 3. The van der Waals surface area contributed by atoms with Crippen molar-refractivity contribution in [3.63, 3.8) is 0 Å². The van der Waals surface area contributed by atoms with Gasteiger partial charge in [-0.1, -0.05) is 0 Å². The van der Waals surface area contributed by atoms with Crippen molar-refractivity contribution in [3.05, 3.63) is 35.4 Å². The summed E-state index contributed by atoms with van der Waals surface area (Å²) in [5.41, 5.74) is 0.917. The lowest BCUT2D eigenvalue weighted by Gasteiger charge is -1.98. The molecule has 3 nitrogen and oxygen atoms in total. The van der Waals surface area contributed by atoms with Gasteiger partial charge >= 0.3 is 0 Å². The van der Waals surface area contributed by atoms with Crippen LogP contribution in [0.15, 0.2) is 24.3 Å². The van der Waals surface area contributed by atoms with Gasteiger partial charge in [-0.15, -0.1) is 0 Å². The molecule has 0 bridgehead atoms. The molecule has 1 rings (SSSR count). The molecule has 3 heteroatoms. The van der Waals surface area contributed by atoms with Gasteiger partial charge in [0.15, 0.2) is 0 Å². The number of aromatic hydroxyl groups is 1. The van der Waals surface area contributed by atoms with Crippen molar-refractivity contribution < 1.29 is 14.7 Å². The molecule has 0 unspecified atom stereocenters. The number of hydrogen-bond acceptors (Lipinski definition) is 3. The van der Waals surface area contributed by atoms with Crippen LogP contribution in [0.5, 0.6) is 5.75 Å². The highest BCUT2D eigenvalue weighted by Crippen LogP contribution is 2.18. The van der Waals surface area contributed by atoms with Gasteiger partial charge in [-0.05, 0) is 30.4 Å². The van der Waals surface area contributed by atoms with Crippen LogP contribution >= 0.6 is 0 Å². The number of phenolic OH excluding ortho intramolecular Hbond substituents is 1. The summed E-state index contributed by atoms with van der Waals surface area (Å²) in [6.07, 6.45) is 3.98. The number of benzene rings is 1. The van der Waals surface area contributed by atoms with Gasteiger partial charge in [0.2, 0.25) is 0 Å². The van der Waals surface area contributed by atoms with Crippen LogP contribution < -0.4 is 0 Å². The number of allylic oxidation sites excluding steroid dienone is 1. The Morgan fingerprint density at radius 1 is 1.23 bits per heavy atom. The second-order valence-corrected chi connectivity index (χ2v) is 2.43. The number of carbonyl (C=O) groups is 2. The van der Waals surface area contributed by atoms with Crippen LogP contribution in [-0.2, 0) is 4.79 Å². The zero-order valence-corrected chi connectivity index (χ0v) is 6.81. The number of phenols is 1. The molecule has 1 aromatic rings. The molecule has 0 saturated heterocycles. The van der Waals surface area contributed by atoms with E-state index in [0.29, 0.717) is 23.7 Å². The largest absolute Gasteiger partial charge is 0.507 e. The van der Waals surface area contributed by atoms with Crippen LogP contribution in [0, 0.1) is 0 Å². The smallest absolute Gasteiger partial charge is 0.150 e. The van der Waals surface area contributed by atoms with E-state index in [1.54, 1.807) is 0 Å². The van der Waals surface area contributed by atoms with Crippen LogP contribution in [0.2, 0.25) is 0 Å². The predicted molar refractivity (Wildman–Crippen MR) is 48.6 cm³/mol. The summed E-state index contributed by atoms with van der Waals surface area (Å²) in [5.74, 6) is 0.0451. The Kier molecular flexibility index (Phi) is 2.97. The highest BCUT2D eigenvalue weighted by Gasteiger charge is 1.97. The summed E-state index contributed by atoms with van der Waals surface area (Å²) in [6.45, 7) is 0. The van der Waals surface area contributed by atoms with E-state index in [2.05, 4.69) is 0 Å². The molecule has 0 radical (unpaired) electrons. The molecule has 0 aliphatic heterocycles. The van der Waals surface area contributed by atoms with Crippen molar-refractivity contribution in [3.8, 4) is 5.75 Å². The molecule has 66 valence electrons. The molecule has 0 fully saturated rings. The zero-order chi connectivity index (χ0) is 9.68. The molecular weight excluding hydrogens is 168 g/mol. The van der Waals surface area contributed by atoms with Gasteiger partial charge in [0.1, 0.15) is 18.3 Å². The summed E-state index contributed by atoms with van der Waals surface area (Å²) in [4.78, 5) is 20.4. The Morgan fingerprint density at radius 2 is 2.00 bits per heavy atom. The maximum absolute atomic E-state index is 10.4. The minimum Gasteiger partial charge on any atom is -0.507 e. The first-order valence-electron chi connectivity index (χ1n) is 3.68. The minimum absolute atomic E-state index is 0.0451. The maximum atomic E-state index is 10.4. The van der Waals surface area contributed by atoms with Crippen molar-refractivity contribution in [1.29, 1.82) is 0 Å². The van der Waals surface area contributed by atoms with Gasteiger partial charge < -0.3 is 5.11 Å². The highest BCUT2D eigenvalue weighted by molar-refractivity contribution is 5.80. The fourth-order valence-corrected chi connectivity index (χ4v) is 0.923. The maximum Gasteiger partial charge on any atom is 0.150 e. The number of carbonyl (C=O) groups excluding carboxylic acids is 2. The molecular formula is C10H8O3. The fraction of sp³-hybridized carbons (Fsp3) is 0. The Hall–Kier alpha value is -1.90. The van der Waals surface area contributed by atoms with Crippen LogP contribution in [0.1, 0.15) is 15.9 Å². The van der Waals surface area contributed by atoms with Crippen molar-refractivity contribution in [2.45, 2.75) is 0 Å². The predicted octanol–water partition coefficient (Wildman–Crippen LogP) is 1.42. The lowest BCUT2D eigenvalue weighted by molar-refractivity contribution is -0.104. The molecule has 13 heavy (non-hydrogen) atoms. The van der Waals surface area contributed by atoms with Crippen molar-refractivity contribution in [2.75, 3.05) is 0 Å². The van der Waals surface area contributed by atoms with Gasteiger partial charge in [0.25, 0.3) is 0 Å². The van der Waals surface area contributed by atoms with E-state index in [-0.39, 0.29) is 5.75 Å². The summed E-state index contributed by atoms with van der Waals surface area (Å²) in [5, 5.41) is 9.27. The molecule has 0 aromatic heterocycles. The van der Waals surface area contributed by atoms with Crippen molar-refractivity contribution in [1.82, 2.24) is 0 Å². The average Bonchev–Trinajstić information content (AvgIpc) is 2.17. The van der Waals surface area contributed by atoms with Crippen molar-refractivity contribution >= 4 is 18.6 Å². The molecule has 0 heterocycles.